The number of hydrogen-bond acceptors (Lipinski definition) is 2. The van der Waals surface area contributed by atoms with Gasteiger partial charge in [-0.1, -0.05) is 49.4 Å². The van der Waals surface area contributed by atoms with Crippen molar-refractivity contribution in [1.29, 1.82) is 0 Å². The van der Waals surface area contributed by atoms with Gasteiger partial charge >= 0.3 is 5.97 Å². The first-order chi connectivity index (χ1) is 11.1. The Labute approximate surface area is 137 Å². The maximum absolute atomic E-state index is 11.3. The zero-order chi connectivity index (χ0) is 16.2. The van der Waals surface area contributed by atoms with Gasteiger partial charge in [-0.2, -0.15) is 0 Å². The molecule has 1 aliphatic rings. The summed E-state index contributed by atoms with van der Waals surface area (Å²) in [6, 6.07) is 15.5. The van der Waals surface area contributed by atoms with Crippen molar-refractivity contribution in [3.05, 3.63) is 59.7 Å². The lowest BCUT2D eigenvalue weighted by Crippen LogP contribution is -2.33. The summed E-state index contributed by atoms with van der Waals surface area (Å²) < 4.78 is 0. The first kappa shape index (κ1) is 15.8. The van der Waals surface area contributed by atoms with Gasteiger partial charge in [-0.3, -0.25) is 4.90 Å². The summed E-state index contributed by atoms with van der Waals surface area (Å²) in [5, 5.41) is 9.32. The lowest BCUT2D eigenvalue weighted by molar-refractivity contribution is 0.0697. The van der Waals surface area contributed by atoms with Crippen LogP contribution in [-0.2, 0) is 6.54 Å². The van der Waals surface area contributed by atoms with Crippen LogP contribution >= 0.6 is 0 Å². The van der Waals surface area contributed by atoms with Crippen LogP contribution < -0.4 is 0 Å². The predicted octanol–water partition coefficient (Wildman–Crippen LogP) is 4.28. The fourth-order valence-electron chi connectivity index (χ4n) is 3.40. The molecule has 0 bridgehead atoms. The molecule has 0 amide bonds. The first-order valence-corrected chi connectivity index (χ1v) is 8.27. The van der Waals surface area contributed by atoms with E-state index in [1.807, 2.05) is 24.3 Å². The standard InChI is InChI=1S/C20H23NO2/c1-15-5-4-12-21(13-15)14-16-8-10-17(11-9-16)18-6-2-3-7-19(18)20(22)23/h2-3,6-11,15H,4-5,12-14H2,1H3,(H,22,23)/t15-/m0/s1. The zero-order valence-corrected chi connectivity index (χ0v) is 13.5. The van der Waals surface area contributed by atoms with Gasteiger partial charge in [0, 0.05) is 13.1 Å². The highest BCUT2D eigenvalue weighted by Crippen LogP contribution is 2.25. The van der Waals surface area contributed by atoms with E-state index < -0.39 is 5.97 Å². The molecule has 3 rings (SSSR count). The SMILES string of the molecule is C[C@H]1CCCN(Cc2ccc(-c3ccccc3C(=O)O)cc2)C1. The van der Waals surface area contributed by atoms with Crippen LogP contribution in [0.3, 0.4) is 0 Å². The van der Waals surface area contributed by atoms with Crippen LogP contribution in [-0.4, -0.2) is 29.1 Å². The van der Waals surface area contributed by atoms with Crippen molar-refractivity contribution in [1.82, 2.24) is 4.90 Å². The lowest BCUT2D eigenvalue weighted by atomic mass is 9.97. The molecule has 0 saturated carbocycles. The van der Waals surface area contributed by atoms with E-state index in [1.54, 1.807) is 12.1 Å². The molecule has 1 fully saturated rings. The Morgan fingerprint density at radius 1 is 1.17 bits per heavy atom. The van der Waals surface area contributed by atoms with E-state index >= 15 is 0 Å². The topological polar surface area (TPSA) is 40.5 Å². The Hall–Kier alpha value is -2.13. The average molecular weight is 309 g/mol. The number of carboxylic acid groups (broad SMARTS) is 1. The Kier molecular flexibility index (Phi) is 4.77. The van der Waals surface area contributed by atoms with Crippen LogP contribution in [0, 0.1) is 5.92 Å². The number of rotatable bonds is 4. The number of hydrogen-bond donors (Lipinski definition) is 1. The zero-order valence-electron chi connectivity index (χ0n) is 13.5. The smallest absolute Gasteiger partial charge is 0.336 e. The van der Waals surface area contributed by atoms with E-state index in [1.165, 1.54) is 31.5 Å². The Morgan fingerprint density at radius 2 is 1.91 bits per heavy atom. The molecule has 120 valence electrons. The van der Waals surface area contributed by atoms with Crippen LogP contribution in [0.25, 0.3) is 11.1 Å². The molecule has 3 nitrogen and oxygen atoms in total. The summed E-state index contributed by atoms with van der Waals surface area (Å²) in [6.45, 7) is 5.64. The van der Waals surface area contributed by atoms with Crippen LogP contribution in [0.2, 0.25) is 0 Å². The molecule has 1 N–H and O–H groups in total. The summed E-state index contributed by atoms with van der Waals surface area (Å²) in [5.41, 5.74) is 3.37. The van der Waals surface area contributed by atoms with E-state index in [0.717, 1.165) is 23.6 Å². The molecule has 1 saturated heterocycles. The highest BCUT2D eigenvalue weighted by Gasteiger charge is 2.16. The van der Waals surface area contributed by atoms with Crippen molar-refractivity contribution in [2.24, 2.45) is 5.92 Å². The summed E-state index contributed by atoms with van der Waals surface area (Å²) in [5.74, 6) is -0.0996. The van der Waals surface area contributed by atoms with Crippen LogP contribution in [0.15, 0.2) is 48.5 Å². The monoisotopic (exact) mass is 309 g/mol. The van der Waals surface area contributed by atoms with E-state index in [2.05, 4.69) is 24.0 Å². The van der Waals surface area contributed by atoms with Gasteiger partial charge in [-0.25, -0.2) is 4.79 Å². The van der Waals surface area contributed by atoms with Crippen molar-refractivity contribution >= 4 is 5.97 Å². The quantitative estimate of drug-likeness (QED) is 0.916. The molecule has 23 heavy (non-hydrogen) atoms. The van der Waals surface area contributed by atoms with Crippen LogP contribution in [0.1, 0.15) is 35.7 Å². The van der Waals surface area contributed by atoms with E-state index in [4.69, 9.17) is 0 Å². The van der Waals surface area contributed by atoms with E-state index in [0.29, 0.717) is 5.56 Å². The van der Waals surface area contributed by atoms with Crippen molar-refractivity contribution in [2.45, 2.75) is 26.3 Å². The molecule has 1 atom stereocenters. The van der Waals surface area contributed by atoms with Gasteiger partial charge in [0.05, 0.1) is 5.56 Å². The summed E-state index contributed by atoms with van der Waals surface area (Å²) in [7, 11) is 0. The molecule has 0 aliphatic carbocycles. The Balaban J connectivity index is 1.76. The molecule has 0 spiro atoms. The first-order valence-electron chi connectivity index (χ1n) is 8.27. The summed E-state index contributed by atoms with van der Waals surface area (Å²) in [4.78, 5) is 13.9. The number of benzene rings is 2. The largest absolute Gasteiger partial charge is 0.478 e. The number of carboxylic acids is 1. The Bertz CT molecular complexity index is 678. The molecule has 2 aromatic carbocycles. The van der Waals surface area contributed by atoms with E-state index in [-0.39, 0.29) is 0 Å². The number of carbonyl (C=O) groups is 1. The third kappa shape index (κ3) is 3.80. The minimum Gasteiger partial charge on any atom is -0.478 e. The number of nitrogens with zero attached hydrogens (tertiary/aromatic N) is 1. The minimum atomic E-state index is -0.882. The molecule has 3 heteroatoms. The second-order valence-electron chi connectivity index (χ2n) is 6.53. The molecule has 1 heterocycles. The number of piperidine rings is 1. The van der Waals surface area contributed by atoms with Crippen LogP contribution in [0.4, 0.5) is 0 Å². The fourth-order valence-corrected chi connectivity index (χ4v) is 3.40. The molecule has 0 aromatic heterocycles. The van der Waals surface area contributed by atoms with Gasteiger partial charge < -0.3 is 5.11 Å². The summed E-state index contributed by atoms with van der Waals surface area (Å²) >= 11 is 0. The molecule has 0 unspecified atom stereocenters. The highest BCUT2D eigenvalue weighted by molar-refractivity contribution is 5.95. The van der Waals surface area contributed by atoms with Crippen molar-refractivity contribution in [3.63, 3.8) is 0 Å². The molecular formula is C20H23NO2. The molecule has 1 aliphatic heterocycles. The normalized spacial score (nSPS) is 18.7. The van der Waals surface area contributed by atoms with Crippen LogP contribution in [0.5, 0.6) is 0 Å². The predicted molar refractivity (Wildman–Crippen MR) is 92.5 cm³/mol. The fraction of sp³-hybridized carbons (Fsp3) is 0.350. The van der Waals surface area contributed by atoms with Gasteiger partial charge in [0.1, 0.15) is 0 Å². The minimum absolute atomic E-state index is 0.352. The Morgan fingerprint density at radius 3 is 2.61 bits per heavy atom. The molecular weight excluding hydrogens is 286 g/mol. The lowest BCUT2D eigenvalue weighted by Gasteiger charge is -2.30. The maximum Gasteiger partial charge on any atom is 0.336 e. The van der Waals surface area contributed by atoms with Gasteiger partial charge in [-0.15, -0.1) is 0 Å². The van der Waals surface area contributed by atoms with Gasteiger partial charge in [0.15, 0.2) is 0 Å². The second kappa shape index (κ2) is 6.97. The van der Waals surface area contributed by atoms with Crippen molar-refractivity contribution in [3.8, 4) is 11.1 Å². The van der Waals surface area contributed by atoms with Gasteiger partial charge in [0.2, 0.25) is 0 Å². The third-order valence-electron chi connectivity index (χ3n) is 4.57. The molecule has 2 aromatic rings. The third-order valence-corrected chi connectivity index (χ3v) is 4.57. The average Bonchev–Trinajstić information content (AvgIpc) is 2.55. The molecule has 0 radical (unpaired) electrons. The van der Waals surface area contributed by atoms with Gasteiger partial charge in [0.25, 0.3) is 0 Å². The highest BCUT2D eigenvalue weighted by atomic mass is 16.4. The van der Waals surface area contributed by atoms with Crippen molar-refractivity contribution in [2.75, 3.05) is 13.1 Å². The van der Waals surface area contributed by atoms with Gasteiger partial charge in [-0.05, 0) is 48.1 Å². The number of likely N-dealkylation sites (tertiary alicyclic amines) is 1. The second-order valence-corrected chi connectivity index (χ2v) is 6.53. The number of aromatic carboxylic acids is 1. The van der Waals surface area contributed by atoms with E-state index in [9.17, 15) is 9.90 Å². The summed E-state index contributed by atoms with van der Waals surface area (Å²) in [6.07, 6.45) is 2.62. The maximum atomic E-state index is 11.3. The van der Waals surface area contributed by atoms with Crippen molar-refractivity contribution < 1.29 is 9.90 Å².